The molecule has 0 aromatic heterocycles. The summed E-state index contributed by atoms with van der Waals surface area (Å²) in [4.78, 5) is 25.3. The molecule has 31 heavy (non-hydrogen) atoms. The van der Waals surface area contributed by atoms with Gasteiger partial charge in [0.05, 0.1) is 0 Å². The fraction of sp³-hybridized carbons (Fsp3) is 0. The van der Waals surface area contributed by atoms with E-state index >= 15 is 0 Å². The van der Waals surface area contributed by atoms with Crippen LogP contribution in [-0.2, 0) is 4.84 Å². The summed E-state index contributed by atoms with van der Waals surface area (Å²) in [5.74, 6) is -1.36. The molecule has 7 nitrogen and oxygen atoms in total. The number of aliphatic imine (C=N–C) groups is 2. The van der Waals surface area contributed by atoms with Crippen LogP contribution in [0.1, 0.15) is 15.9 Å². The lowest BCUT2D eigenvalue weighted by molar-refractivity contribution is 0.0511. The van der Waals surface area contributed by atoms with E-state index < -0.39 is 5.97 Å². The number of rotatable bonds is 8. The summed E-state index contributed by atoms with van der Waals surface area (Å²) in [5.41, 5.74) is 1.36. The number of aromatic hydroxyl groups is 1. The average Bonchev–Trinajstić information content (AvgIpc) is 2.78. The minimum absolute atomic E-state index is 0.0416. The molecule has 1 N–H and O–H groups in total. The van der Waals surface area contributed by atoms with Crippen molar-refractivity contribution in [3.05, 3.63) is 109 Å². The maximum atomic E-state index is 12.8. The first-order valence-electron chi connectivity index (χ1n) is 9.01. The molecule has 0 unspecified atom stereocenters. The maximum Gasteiger partial charge on any atom is 0.373 e. The van der Waals surface area contributed by atoms with Crippen molar-refractivity contribution < 1.29 is 19.5 Å². The molecule has 2 aromatic rings. The Balaban J connectivity index is 2.46. The predicted molar refractivity (Wildman–Crippen MR) is 123 cm³/mol. The number of benzene rings is 2. The number of hydrogen-bond donors (Lipinski definition) is 1. The van der Waals surface area contributed by atoms with Crippen LogP contribution < -0.4 is 4.74 Å². The zero-order valence-electron chi connectivity index (χ0n) is 16.8. The minimum Gasteiger partial charge on any atom is -0.507 e. The van der Waals surface area contributed by atoms with Gasteiger partial charge in [-0.05, 0) is 18.9 Å². The lowest BCUT2D eigenvalue weighted by atomic mass is 10.0. The Morgan fingerprint density at radius 2 is 1.77 bits per heavy atom. The fourth-order valence-corrected chi connectivity index (χ4v) is 2.46. The molecule has 2 rings (SSSR count). The number of allylic oxidation sites excluding steroid dienone is 4. The molecule has 0 aliphatic carbocycles. The summed E-state index contributed by atoms with van der Waals surface area (Å²) in [6, 6.07) is 13.2. The number of hydrogen-bond acceptors (Lipinski definition) is 6. The highest BCUT2D eigenvalue weighted by Gasteiger charge is 2.21. The molecule has 0 bridgehead atoms. The normalized spacial score (nSPS) is 11.9. The SMILES string of the molecule is C=C/C=C(C=C)/C(=N\OC(=O)c1c(O)cccc1OC(N=C)=NC=C)c1ccccc1. The topological polar surface area (TPSA) is 92.8 Å². The third kappa shape index (κ3) is 5.98. The Labute approximate surface area is 180 Å². The highest BCUT2D eigenvalue weighted by Crippen LogP contribution is 2.29. The summed E-state index contributed by atoms with van der Waals surface area (Å²) in [6.45, 7) is 14.2. The van der Waals surface area contributed by atoms with Gasteiger partial charge in [-0.1, -0.05) is 79.5 Å². The molecule has 156 valence electrons. The molecule has 0 spiro atoms. The van der Waals surface area contributed by atoms with Crippen LogP contribution in [0.5, 0.6) is 11.5 Å². The van der Waals surface area contributed by atoms with E-state index in [1.54, 1.807) is 30.4 Å². The van der Waals surface area contributed by atoms with Crippen LogP contribution in [0.3, 0.4) is 0 Å². The van der Waals surface area contributed by atoms with E-state index in [4.69, 9.17) is 9.57 Å². The number of oxime groups is 1. The first-order chi connectivity index (χ1) is 15.0. The van der Waals surface area contributed by atoms with Crippen molar-refractivity contribution in [2.24, 2.45) is 15.1 Å². The fourth-order valence-electron chi connectivity index (χ4n) is 2.46. The van der Waals surface area contributed by atoms with E-state index in [9.17, 15) is 9.90 Å². The van der Waals surface area contributed by atoms with Crippen LogP contribution in [0.15, 0.2) is 113 Å². The molecule has 0 aliphatic heterocycles. The maximum absolute atomic E-state index is 12.8. The van der Waals surface area contributed by atoms with E-state index in [0.717, 1.165) is 0 Å². The molecule has 7 heteroatoms. The van der Waals surface area contributed by atoms with Crippen molar-refractivity contribution in [2.75, 3.05) is 0 Å². The van der Waals surface area contributed by atoms with Gasteiger partial charge in [-0.2, -0.15) is 0 Å². The van der Waals surface area contributed by atoms with Crippen molar-refractivity contribution in [1.29, 1.82) is 0 Å². The van der Waals surface area contributed by atoms with Gasteiger partial charge < -0.3 is 14.7 Å². The molecule has 0 fully saturated rings. The highest BCUT2D eigenvalue weighted by atomic mass is 16.7. The van der Waals surface area contributed by atoms with Gasteiger partial charge in [-0.15, -0.1) is 0 Å². The Bertz CT molecular complexity index is 1080. The minimum atomic E-state index is -0.953. The molecule has 0 amide bonds. The van der Waals surface area contributed by atoms with E-state index in [-0.39, 0.29) is 23.1 Å². The predicted octanol–water partition coefficient (Wildman–Crippen LogP) is 4.83. The quantitative estimate of drug-likeness (QED) is 0.220. The smallest absolute Gasteiger partial charge is 0.373 e. The van der Waals surface area contributed by atoms with Crippen LogP contribution in [0.25, 0.3) is 0 Å². The van der Waals surface area contributed by atoms with Crippen LogP contribution in [0.4, 0.5) is 0 Å². The Kier molecular flexibility index (Phi) is 8.43. The second-order valence-electron chi connectivity index (χ2n) is 5.75. The summed E-state index contributed by atoms with van der Waals surface area (Å²) in [5, 5.41) is 14.2. The third-order valence-electron chi connectivity index (χ3n) is 3.80. The molecule has 0 atom stereocenters. The van der Waals surface area contributed by atoms with Gasteiger partial charge in [0.25, 0.3) is 0 Å². The Morgan fingerprint density at radius 1 is 1.03 bits per heavy atom. The number of phenolic OH excluding ortho intramolecular Hbond substituents is 1. The van der Waals surface area contributed by atoms with E-state index in [2.05, 4.69) is 41.6 Å². The van der Waals surface area contributed by atoms with Crippen molar-refractivity contribution in [1.82, 2.24) is 0 Å². The number of nitrogens with zero attached hydrogens (tertiary/aromatic N) is 3. The molecule has 0 saturated heterocycles. The molecule has 0 aliphatic rings. The molecule has 0 heterocycles. The molecule has 0 saturated carbocycles. The second kappa shape index (κ2) is 11.5. The van der Waals surface area contributed by atoms with Crippen molar-refractivity contribution in [3.63, 3.8) is 0 Å². The van der Waals surface area contributed by atoms with Crippen molar-refractivity contribution in [3.8, 4) is 11.5 Å². The number of carbonyl (C=O) groups is 1. The largest absolute Gasteiger partial charge is 0.507 e. The molecule has 2 aromatic carbocycles. The third-order valence-corrected chi connectivity index (χ3v) is 3.80. The van der Waals surface area contributed by atoms with Gasteiger partial charge >= 0.3 is 12.0 Å². The molecular formula is C24H21N3O4. The number of ether oxygens (including phenoxy) is 1. The van der Waals surface area contributed by atoms with Gasteiger partial charge in [0, 0.05) is 17.3 Å². The number of amidine groups is 1. The highest BCUT2D eigenvalue weighted by molar-refractivity contribution is 6.14. The summed E-state index contributed by atoms with van der Waals surface area (Å²) < 4.78 is 5.44. The number of carbonyl (C=O) groups excluding carboxylic acids is 1. The van der Waals surface area contributed by atoms with Gasteiger partial charge in [-0.25, -0.2) is 14.8 Å². The van der Waals surface area contributed by atoms with Crippen LogP contribution in [0, 0.1) is 0 Å². The second-order valence-corrected chi connectivity index (χ2v) is 5.75. The van der Waals surface area contributed by atoms with Crippen LogP contribution in [-0.4, -0.2) is 29.5 Å². The van der Waals surface area contributed by atoms with Gasteiger partial charge in [0.1, 0.15) is 22.8 Å². The van der Waals surface area contributed by atoms with E-state index in [1.165, 1.54) is 24.4 Å². The molecular weight excluding hydrogens is 394 g/mol. The lowest BCUT2D eigenvalue weighted by Crippen LogP contribution is -2.12. The summed E-state index contributed by atoms with van der Waals surface area (Å²) >= 11 is 0. The van der Waals surface area contributed by atoms with Gasteiger partial charge in [0.2, 0.25) is 0 Å². The van der Waals surface area contributed by atoms with Crippen LogP contribution in [0.2, 0.25) is 0 Å². The average molecular weight is 415 g/mol. The standard InChI is InChI=1S/C24H21N3O4/c1-5-12-17(6-2)22(18-13-9-8-10-14-18)27-31-23(29)21-19(28)15-11-16-20(21)30-24(25-4)26-7-3/h5-16,28H,1-4H2/b17-12+,26-24?,27-22+. The first-order valence-corrected chi connectivity index (χ1v) is 9.01. The van der Waals surface area contributed by atoms with Gasteiger partial charge in [0.15, 0.2) is 0 Å². The van der Waals surface area contributed by atoms with Crippen LogP contribution >= 0.6 is 0 Å². The first kappa shape index (κ1) is 22.8. The summed E-state index contributed by atoms with van der Waals surface area (Å²) in [7, 11) is 0. The lowest BCUT2D eigenvalue weighted by Gasteiger charge is -2.11. The zero-order chi connectivity index (χ0) is 22.6. The van der Waals surface area contributed by atoms with E-state index in [1.807, 2.05) is 18.2 Å². The van der Waals surface area contributed by atoms with E-state index in [0.29, 0.717) is 16.8 Å². The summed E-state index contributed by atoms with van der Waals surface area (Å²) in [6.07, 6.45) is 6.00. The molecule has 0 radical (unpaired) electrons. The number of phenols is 1. The van der Waals surface area contributed by atoms with Crippen molar-refractivity contribution in [2.45, 2.75) is 0 Å². The Hall–Kier alpha value is -4.52. The Morgan fingerprint density at radius 3 is 2.39 bits per heavy atom. The van der Waals surface area contributed by atoms with Gasteiger partial charge in [-0.3, -0.25) is 0 Å². The van der Waals surface area contributed by atoms with Crippen molar-refractivity contribution >= 4 is 24.4 Å². The monoisotopic (exact) mass is 415 g/mol. The zero-order valence-corrected chi connectivity index (χ0v) is 16.8.